The lowest BCUT2D eigenvalue weighted by molar-refractivity contribution is 0.262. The van der Waals surface area contributed by atoms with Gasteiger partial charge in [0.15, 0.2) is 0 Å². The quantitative estimate of drug-likeness (QED) is 0.928. The average Bonchev–Trinajstić information content (AvgIpc) is 2.93. The average molecular weight is 275 g/mol. The van der Waals surface area contributed by atoms with Crippen LogP contribution in [0.5, 0.6) is 5.75 Å². The van der Waals surface area contributed by atoms with Gasteiger partial charge in [0, 0.05) is 6.42 Å². The van der Waals surface area contributed by atoms with E-state index in [0.29, 0.717) is 19.1 Å². The molecule has 0 spiro atoms. The van der Waals surface area contributed by atoms with E-state index in [-0.39, 0.29) is 0 Å². The fourth-order valence-corrected chi connectivity index (χ4v) is 3.24. The van der Waals surface area contributed by atoms with Crippen molar-refractivity contribution in [2.75, 3.05) is 13.2 Å². The summed E-state index contributed by atoms with van der Waals surface area (Å²) in [6.45, 7) is 1.40. The Bertz CT molecular complexity index is 555. The highest BCUT2D eigenvalue weighted by Gasteiger charge is 2.24. The Labute approximate surface area is 116 Å². The molecule has 0 fully saturated rings. The van der Waals surface area contributed by atoms with E-state index in [2.05, 4.69) is 22.3 Å². The smallest absolute Gasteiger partial charge is 0.124 e. The SMILES string of the molecule is NCCCc1nnc(C2COc3ccccc3C2)s1. The van der Waals surface area contributed by atoms with Crippen molar-refractivity contribution in [3.63, 3.8) is 0 Å². The van der Waals surface area contributed by atoms with Crippen molar-refractivity contribution >= 4 is 11.3 Å². The molecule has 19 heavy (non-hydrogen) atoms. The lowest BCUT2D eigenvalue weighted by Crippen LogP contribution is -2.18. The minimum absolute atomic E-state index is 0.332. The molecule has 0 amide bonds. The first kappa shape index (κ1) is 12.6. The van der Waals surface area contributed by atoms with E-state index in [4.69, 9.17) is 10.5 Å². The Morgan fingerprint density at radius 1 is 1.32 bits per heavy atom. The molecule has 1 aliphatic heterocycles. The topological polar surface area (TPSA) is 61.0 Å². The number of nitrogens with two attached hydrogens (primary N) is 1. The second-order valence-corrected chi connectivity index (χ2v) is 5.84. The Morgan fingerprint density at radius 2 is 2.21 bits per heavy atom. The monoisotopic (exact) mass is 275 g/mol. The molecule has 0 saturated carbocycles. The largest absolute Gasteiger partial charge is 0.493 e. The number of ether oxygens (including phenoxy) is 1. The summed E-state index contributed by atoms with van der Waals surface area (Å²) in [5.41, 5.74) is 6.78. The van der Waals surface area contributed by atoms with Gasteiger partial charge in [-0.05, 0) is 31.0 Å². The van der Waals surface area contributed by atoms with E-state index < -0.39 is 0 Å². The molecule has 3 rings (SSSR count). The molecule has 2 aromatic rings. The van der Waals surface area contributed by atoms with Crippen molar-refractivity contribution in [3.8, 4) is 5.75 Å². The molecule has 0 radical (unpaired) electrons. The number of hydrogen-bond acceptors (Lipinski definition) is 5. The Balaban J connectivity index is 1.72. The van der Waals surface area contributed by atoms with Gasteiger partial charge in [0.25, 0.3) is 0 Å². The molecule has 100 valence electrons. The van der Waals surface area contributed by atoms with Gasteiger partial charge < -0.3 is 10.5 Å². The second kappa shape index (κ2) is 5.67. The number of hydrogen-bond donors (Lipinski definition) is 1. The minimum Gasteiger partial charge on any atom is -0.493 e. The van der Waals surface area contributed by atoms with E-state index >= 15 is 0 Å². The van der Waals surface area contributed by atoms with Gasteiger partial charge in [0.1, 0.15) is 15.8 Å². The molecule has 2 heterocycles. The standard InChI is InChI=1S/C14H17N3OS/c15-7-3-6-13-16-17-14(19-13)11-8-10-4-1-2-5-12(10)18-9-11/h1-2,4-5,11H,3,6-9,15H2. The van der Waals surface area contributed by atoms with E-state index in [0.717, 1.165) is 35.0 Å². The Kier molecular flexibility index (Phi) is 3.75. The molecule has 0 saturated heterocycles. The molecule has 1 atom stereocenters. The summed E-state index contributed by atoms with van der Waals surface area (Å²) in [4.78, 5) is 0. The van der Waals surface area contributed by atoms with Crippen molar-refractivity contribution in [1.82, 2.24) is 10.2 Å². The van der Waals surface area contributed by atoms with E-state index in [1.165, 1.54) is 5.56 Å². The predicted molar refractivity (Wildman–Crippen MR) is 75.7 cm³/mol. The third-order valence-electron chi connectivity index (χ3n) is 3.31. The molecule has 2 N–H and O–H groups in total. The van der Waals surface area contributed by atoms with E-state index in [1.54, 1.807) is 11.3 Å². The molecular formula is C14H17N3OS. The Hall–Kier alpha value is -1.46. The van der Waals surface area contributed by atoms with Gasteiger partial charge in [-0.1, -0.05) is 18.2 Å². The minimum atomic E-state index is 0.332. The van der Waals surface area contributed by atoms with Gasteiger partial charge in [-0.3, -0.25) is 0 Å². The van der Waals surface area contributed by atoms with Gasteiger partial charge in [-0.15, -0.1) is 21.5 Å². The first-order valence-electron chi connectivity index (χ1n) is 6.60. The summed E-state index contributed by atoms with van der Waals surface area (Å²) < 4.78 is 5.80. The van der Waals surface area contributed by atoms with Crippen LogP contribution in [0.3, 0.4) is 0 Å². The molecule has 1 aliphatic rings. The zero-order chi connectivity index (χ0) is 13.1. The number of nitrogens with zero attached hydrogens (tertiary/aromatic N) is 2. The van der Waals surface area contributed by atoms with Crippen molar-refractivity contribution < 1.29 is 4.74 Å². The summed E-state index contributed by atoms with van der Waals surface area (Å²) in [6.07, 6.45) is 2.89. The van der Waals surface area contributed by atoms with E-state index in [1.807, 2.05) is 12.1 Å². The summed E-state index contributed by atoms with van der Waals surface area (Å²) in [7, 11) is 0. The van der Waals surface area contributed by atoms with E-state index in [9.17, 15) is 0 Å². The van der Waals surface area contributed by atoms with Gasteiger partial charge in [0.05, 0.1) is 12.5 Å². The van der Waals surface area contributed by atoms with Crippen LogP contribution in [-0.4, -0.2) is 23.3 Å². The lowest BCUT2D eigenvalue weighted by atomic mass is 9.97. The van der Waals surface area contributed by atoms with Crippen molar-refractivity contribution in [2.24, 2.45) is 5.73 Å². The number of para-hydroxylation sites is 1. The molecule has 0 bridgehead atoms. The van der Waals surface area contributed by atoms with Gasteiger partial charge in [0.2, 0.25) is 0 Å². The molecule has 1 unspecified atom stereocenters. The third-order valence-corrected chi connectivity index (χ3v) is 4.45. The predicted octanol–water partition coefficient (Wildman–Crippen LogP) is 2.15. The first-order chi connectivity index (χ1) is 9.36. The molecule has 5 heteroatoms. The summed E-state index contributed by atoms with van der Waals surface area (Å²) in [5, 5.41) is 10.7. The van der Waals surface area contributed by atoms with Gasteiger partial charge in [-0.2, -0.15) is 0 Å². The number of rotatable bonds is 4. The number of aryl methyl sites for hydroxylation is 1. The number of fused-ring (bicyclic) bond motifs is 1. The fourth-order valence-electron chi connectivity index (χ4n) is 2.27. The second-order valence-electron chi connectivity index (χ2n) is 4.75. The highest BCUT2D eigenvalue weighted by Crippen LogP contribution is 2.33. The van der Waals surface area contributed by atoms with Crippen LogP contribution in [0, 0.1) is 0 Å². The molecular weight excluding hydrogens is 258 g/mol. The molecule has 1 aromatic carbocycles. The maximum Gasteiger partial charge on any atom is 0.124 e. The normalized spacial score (nSPS) is 17.8. The molecule has 0 aliphatic carbocycles. The van der Waals surface area contributed by atoms with Gasteiger partial charge >= 0.3 is 0 Å². The highest BCUT2D eigenvalue weighted by molar-refractivity contribution is 7.11. The van der Waals surface area contributed by atoms with Crippen LogP contribution >= 0.6 is 11.3 Å². The van der Waals surface area contributed by atoms with Crippen LogP contribution in [0.2, 0.25) is 0 Å². The summed E-state index contributed by atoms with van der Waals surface area (Å²) in [5.74, 6) is 1.34. The van der Waals surface area contributed by atoms with Crippen molar-refractivity contribution in [2.45, 2.75) is 25.2 Å². The maximum atomic E-state index is 5.80. The van der Waals surface area contributed by atoms with Crippen molar-refractivity contribution in [3.05, 3.63) is 39.8 Å². The Morgan fingerprint density at radius 3 is 3.11 bits per heavy atom. The molecule has 1 aromatic heterocycles. The first-order valence-corrected chi connectivity index (χ1v) is 7.41. The van der Waals surface area contributed by atoms with Gasteiger partial charge in [-0.25, -0.2) is 0 Å². The maximum absolute atomic E-state index is 5.80. The summed E-state index contributed by atoms with van der Waals surface area (Å²) in [6, 6.07) is 8.21. The van der Waals surface area contributed by atoms with Crippen LogP contribution in [-0.2, 0) is 12.8 Å². The van der Waals surface area contributed by atoms with Crippen LogP contribution in [0.15, 0.2) is 24.3 Å². The highest BCUT2D eigenvalue weighted by atomic mass is 32.1. The fraction of sp³-hybridized carbons (Fsp3) is 0.429. The summed E-state index contributed by atoms with van der Waals surface area (Å²) >= 11 is 1.70. The van der Waals surface area contributed by atoms with Crippen LogP contribution in [0.25, 0.3) is 0 Å². The molecule has 4 nitrogen and oxygen atoms in total. The lowest BCUT2D eigenvalue weighted by Gasteiger charge is -2.23. The van der Waals surface area contributed by atoms with Crippen molar-refractivity contribution in [1.29, 1.82) is 0 Å². The van der Waals surface area contributed by atoms with Crippen LogP contribution in [0.4, 0.5) is 0 Å². The van der Waals surface area contributed by atoms with Crippen LogP contribution in [0.1, 0.15) is 27.9 Å². The number of aromatic nitrogens is 2. The zero-order valence-electron chi connectivity index (χ0n) is 10.7. The third kappa shape index (κ3) is 2.77. The van der Waals surface area contributed by atoms with Crippen LogP contribution < -0.4 is 10.5 Å². The number of benzene rings is 1. The zero-order valence-corrected chi connectivity index (χ0v) is 11.5.